The van der Waals surface area contributed by atoms with Gasteiger partial charge in [-0.25, -0.2) is 0 Å². The monoisotopic (exact) mass is 292 g/mol. The summed E-state index contributed by atoms with van der Waals surface area (Å²) in [4.78, 5) is 12.5. The Balaban J connectivity index is 2.09. The van der Waals surface area contributed by atoms with Gasteiger partial charge in [-0.2, -0.15) is 0 Å². The fourth-order valence-electron chi connectivity index (χ4n) is 2.99. The molecular weight excluding hydrogens is 268 g/mol. The molecule has 1 aliphatic rings. The molecule has 0 bridgehead atoms. The smallest absolute Gasteiger partial charge is 0.194 e. The second-order valence-electron chi connectivity index (χ2n) is 5.50. The zero-order valence-corrected chi connectivity index (χ0v) is 12.8. The van der Waals surface area contributed by atoms with Crippen LogP contribution in [0.25, 0.3) is 0 Å². The standard InChI is InChI=1S/C17H24O4/c1-3-20-17(21-4-2)12-10-16(19,11-13-17)15(18)14-8-6-5-7-9-14/h5-9,19H,3-4,10-13H2,1-2H3. The average Bonchev–Trinajstić information content (AvgIpc) is 2.51. The molecule has 0 amide bonds. The molecule has 21 heavy (non-hydrogen) atoms. The van der Waals surface area contributed by atoms with Crippen molar-refractivity contribution in [1.29, 1.82) is 0 Å². The van der Waals surface area contributed by atoms with Crippen LogP contribution in [0.2, 0.25) is 0 Å². The predicted molar refractivity (Wildman–Crippen MR) is 80.2 cm³/mol. The van der Waals surface area contributed by atoms with Crippen LogP contribution >= 0.6 is 0 Å². The van der Waals surface area contributed by atoms with Crippen LogP contribution in [0, 0.1) is 0 Å². The molecule has 4 nitrogen and oxygen atoms in total. The van der Waals surface area contributed by atoms with Crippen molar-refractivity contribution in [3.8, 4) is 0 Å². The van der Waals surface area contributed by atoms with Gasteiger partial charge in [0.05, 0.1) is 0 Å². The lowest BCUT2D eigenvalue weighted by molar-refractivity contribution is -0.259. The summed E-state index contributed by atoms with van der Waals surface area (Å²) in [5, 5.41) is 10.7. The number of hydrogen-bond acceptors (Lipinski definition) is 4. The highest BCUT2D eigenvalue weighted by molar-refractivity contribution is 6.02. The van der Waals surface area contributed by atoms with Crippen molar-refractivity contribution in [2.24, 2.45) is 0 Å². The van der Waals surface area contributed by atoms with E-state index in [1.165, 1.54) is 0 Å². The van der Waals surface area contributed by atoms with Gasteiger partial charge in [-0.05, 0) is 26.7 Å². The minimum absolute atomic E-state index is 0.204. The molecule has 0 aliphatic heterocycles. The van der Waals surface area contributed by atoms with E-state index >= 15 is 0 Å². The molecule has 1 N–H and O–H groups in total. The molecule has 0 atom stereocenters. The summed E-state index contributed by atoms with van der Waals surface area (Å²) < 4.78 is 11.5. The largest absolute Gasteiger partial charge is 0.382 e. The third-order valence-electron chi connectivity index (χ3n) is 4.11. The number of benzene rings is 1. The van der Waals surface area contributed by atoms with Crippen molar-refractivity contribution in [3.05, 3.63) is 35.9 Å². The van der Waals surface area contributed by atoms with Gasteiger partial charge in [-0.15, -0.1) is 0 Å². The first-order valence-corrected chi connectivity index (χ1v) is 7.65. The summed E-state index contributed by atoms with van der Waals surface area (Å²) in [6.45, 7) is 4.98. The molecule has 116 valence electrons. The molecule has 1 fully saturated rings. The average molecular weight is 292 g/mol. The maximum Gasteiger partial charge on any atom is 0.194 e. The van der Waals surface area contributed by atoms with E-state index in [-0.39, 0.29) is 5.78 Å². The number of rotatable bonds is 6. The van der Waals surface area contributed by atoms with E-state index in [1.807, 2.05) is 32.0 Å². The maximum absolute atomic E-state index is 12.5. The van der Waals surface area contributed by atoms with E-state index in [4.69, 9.17) is 9.47 Å². The zero-order chi connectivity index (χ0) is 15.3. The van der Waals surface area contributed by atoms with Gasteiger partial charge in [-0.1, -0.05) is 30.3 Å². The van der Waals surface area contributed by atoms with Crippen LogP contribution in [0.1, 0.15) is 49.9 Å². The molecular formula is C17H24O4. The molecule has 0 saturated heterocycles. The van der Waals surface area contributed by atoms with E-state index in [0.717, 1.165) is 0 Å². The highest BCUT2D eigenvalue weighted by atomic mass is 16.7. The van der Waals surface area contributed by atoms with Crippen molar-refractivity contribution in [1.82, 2.24) is 0 Å². The van der Waals surface area contributed by atoms with E-state index < -0.39 is 11.4 Å². The van der Waals surface area contributed by atoms with Gasteiger partial charge in [0.15, 0.2) is 11.6 Å². The lowest BCUT2D eigenvalue weighted by Crippen LogP contribution is -2.50. The minimum atomic E-state index is -1.31. The van der Waals surface area contributed by atoms with Gasteiger partial charge in [0.2, 0.25) is 0 Å². The van der Waals surface area contributed by atoms with Crippen LogP contribution in [0.5, 0.6) is 0 Å². The number of carbonyl (C=O) groups excluding carboxylic acids is 1. The third kappa shape index (κ3) is 3.51. The maximum atomic E-state index is 12.5. The van der Waals surface area contributed by atoms with Crippen molar-refractivity contribution in [3.63, 3.8) is 0 Å². The van der Waals surface area contributed by atoms with Crippen molar-refractivity contribution >= 4 is 5.78 Å². The zero-order valence-electron chi connectivity index (χ0n) is 12.8. The van der Waals surface area contributed by atoms with Gasteiger partial charge >= 0.3 is 0 Å². The third-order valence-corrected chi connectivity index (χ3v) is 4.11. The number of ether oxygens (including phenoxy) is 2. The lowest BCUT2D eigenvalue weighted by atomic mass is 9.77. The minimum Gasteiger partial charge on any atom is -0.382 e. The van der Waals surface area contributed by atoms with E-state index in [2.05, 4.69) is 0 Å². The summed E-state index contributed by atoms with van der Waals surface area (Å²) in [6.07, 6.45) is 1.79. The second-order valence-corrected chi connectivity index (χ2v) is 5.50. The summed E-state index contributed by atoms with van der Waals surface area (Å²) >= 11 is 0. The SMILES string of the molecule is CCOC1(OCC)CCC(O)(C(=O)c2ccccc2)CC1. The molecule has 1 aromatic carbocycles. The molecule has 1 aliphatic carbocycles. The van der Waals surface area contributed by atoms with Crippen molar-refractivity contribution < 1.29 is 19.4 Å². The first kappa shape index (κ1) is 16.1. The van der Waals surface area contributed by atoms with Gasteiger partial charge < -0.3 is 14.6 Å². The van der Waals surface area contributed by atoms with Gasteiger partial charge in [-0.3, -0.25) is 4.79 Å². The predicted octanol–water partition coefficient (Wildman–Crippen LogP) is 2.94. The summed E-state index contributed by atoms with van der Waals surface area (Å²) in [5.74, 6) is -0.850. The number of hydrogen-bond donors (Lipinski definition) is 1. The van der Waals surface area contributed by atoms with Gasteiger partial charge in [0, 0.05) is 31.6 Å². The highest BCUT2D eigenvalue weighted by Gasteiger charge is 2.47. The number of carbonyl (C=O) groups is 1. The van der Waals surface area contributed by atoms with Gasteiger partial charge in [0.1, 0.15) is 5.60 Å². The van der Waals surface area contributed by atoms with Gasteiger partial charge in [0.25, 0.3) is 0 Å². The Bertz CT molecular complexity index is 453. The Labute approximate surface area is 126 Å². The molecule has 0 aromatic heterocycles. The van der Waals surface area contributed by atoms with Crippen LogP contribution in [-0.2, 0) is 9.47 Å². The molecule has 2 rings (SSSR count). The molecule has 0 radical (unpaired) electrons. The summed E-state index contributed by atoms with van der Waals surface area (Å²) in [6, 6.07) is 8.96. The van der Waals surface area contributed by atoms with E-state index in [0.29, 0.717) is 44.5 Å². The van der Waals surface area contributed by atoms with Crippen LogP contribution in [0.4, 0.5) is 0 Å². The van der Waals surface area contributed by atoms with Crippen molar-refractivity contribution in [2.75, 3.05) is 13.2 Å². The molecule has 0 spiro atoms. The quantitative estimate of drug-likeness (QED) is 0.647. The first-order valence-electron chi connectivity index (χ1n) is 7.65. The number of ketones is 1. The molecule has 0 heterocycles. The topological polar surface area (TPSA) is 55.8 Å². The Morgan fingerprint density at radius 2 is 1.57 bits per heavy atom. The number of aliphatic hydroxyl groups is 1. The molecule has 0 unspecified atom stereocenters. The second kappa shape index (κ2) is 6.69. The van der Waals surface area contributed by atoms with Crippen LogP contribution in [0.15, 0.2) is 30.3 Å². The highest BCUT2D eigenvalue weighted by Crippen LogP contribution is 2.39. The summed E-state index contributed by atoms with van der Waals surface area (Å²) in [5.41, 5.74) is -0.751. The first-order chi connectivity index (χ1) is 10.1. The van der Waals surface area contributed by atoms with E-state index in [9.17, 15) is 9.90 Å². The van der Waals surface area contributed by atoms with E-state index in [1.54, 1.807) is 12.1 Å². The Hall–Kier alpha value is -1.23. The summed E-state index contributed by atoms with van der Waals surface area (Å²) in [7, 11) is 0. The molecule has 4 heteroatoms. The normalized spacial score (nSPS) is 20.1. The van der Waals surface area contributed by atoms with Crippen molar-refractivity contribution in [2.45, 2.75) is 50.9 Å². The Morgan fingerprint density at radius 1 is 1.05 bits per heavy atom. The van der Waals surface area contributed by atoms with Crippen LogP contribution in [0.3, 0.4) is 0 Å². The van der Waals surface area contributed by atoms with Crippen LogP contribution in [-0.4, -0.2) is 35.5 Å². The fourth-order valence-corrected chi connectivity index (χ4v) is 2.99. The Morgan fingerprint density at radius 3 is 2.05 bits per heavy atom. The number of Topliss-reactive ketones (excluding diaryl/α,β-unsaturated/α-hetero) is 1. The Kier molecular flexibility index (Phi) is 5.14. The van der Waals surface area contributed by atoms with Crippen LogP contribution < -0.4 is 0 Å². The molecule has 1 aromatic rings. The molecule has 1 saturated carbocycles. The lowest BCUT2D eigenvalue weighted by Gasteiger charge is -2.42. The fraction of sp³-hybridized carbons (Fsp3) is 0.588.